The number of hydrogen-bond donors (Lipinski definition) is 1. The number of hydrogen-bond acceptors (Lipinski definition) is 1. The summed E-state index contributed by atoms with van der Waals surface area (Å²) in [7, 11) is 0. The molecule has 0 heterocycles. The van der Waals surface area contributed by atoms with Gasteiger partial charge in [0.2, 0.25) is 0 Å². The Kier molecular flexibility index (Phi) is 3.55. The van der Waals surface area contributed by atoms with E-state index in [2.05, 4.69) is 15.9 Å². The molecule has 1 nitrogen and oxygen atoms in total. The second-order valence-electron chi connectivity index (χ2n) is 2.97. The van der Waals surface area contributed by atoms with Gasteiger partial charge in [0.15, 0.2) is 11.6 Å². The van der Waals surface area contributed by atoms with Crippen LogP contribution in [0.4, 0.5) is 13.2 Å². The third kappa shape index (κ3) is 1.93. The Morgan fingerprint density at radius 2 is 1.93 bits per heavy atom. The van der Waals surface area contributed by atoms with Crippen LogP contribution in [0.2, 0.25) is 0 Å². The topological polar surface area (TPSA) is 20.2 Å². The maximum Gasteiger partial charge on any atom is 0.165 e. The summed E-state index contributed by atoms with van der Waals surface area (Å²) in [6, 6.07) is 0.720. The molecule has 0 aromatic heterocycles. The largest absolute Gasteiger partial charge is 0.396 e. The Hall–Kier alpha value is -0.550. The molecule has 1 N–H and O–H groups in total. The van der Waals surface area contributed by atoms with E-state index in [1.807, 2.05) is 0 Å². The summed E-state index contributed by atoms with van der Waals surface area (Å²) in [5, 5.41) is 8.75. The molecule has 0 spiro atoms. The molecule has 0 radical (unpaired) electrons. The zero-order valence-electron chi connectivity index (χ0n) is 7.32. The highest BCUT2D eigenvalue weighted by Crippen LogP contribution is 2.29. The lowest BCUT2D eigenvalue weighted by molar-refractivity contribution is 0.266. The summed E-state index contributed by atoms with van der Waals surface area (Å²) < 4.78 is 39.2. The molecule has 0 aliphatic heterocycles. The molecular weight excluding hydrogens is 261 g/mol. The second kappa shape index (κ2) is 4.31. The van der Waals surface area contributed by atoms with Gasteiger partial charge < -0.3 is 5.11 Å². The minimum absolute atomic E-state index is 0.147. The lowest BCUT2D eigenvalue weighted by Crippen LogP contribution is -2.07. The fourth-order valence-electron chi connectivity index (χ4n) is 1.12. The van der Waals surface area contributed by atoms with E-state index >= 15 is 0 Å². The monoisotopic (exact) mass is 268 g/mol. The Morgan fingerprint density at radius 1 is 1.36 bits per heavy atom. The van der Waals surface area contributed by atoms with Crippen LogP contribution in [-0.2, 0) is 0 Å². The third-order valence-corrected chi connectivity index (χ3v) is 2.49. The van der Waals surface area contributed by atoms with Gasteiger partial charge in [-0.2, -0.15) is 0 Å². The second-order valence-corrected chi connectivity index (χ2v) is 3.82. The summed E-state index contributed by atoms with van der Waals surface area (Å²) >= 11 is 2.77. The predicted molar refractivity (Wildman–Crippen MR) is 49.5 cm³/mol. The average molecular weight is 269 g/mol. The highest BCUT2D eigenvalue weighted by atomic mass is 79.9. The van der Waals surface area contributed by atoms with E-state index in [9.17, 15) is 13.2 Å². The molecule has 1 aromatic rings. The van der Waals surface area contributed by atoms with Gasteiger partial charge in [-0.1, -0.05) is 6.92 Å². The molecule has 78 valence electrons. The summed E-state index contributed by atoms with van der Waals surface area (Å²) in [4.78, 5) is 0. The van der Waals surface area contributed by atoms with Crippen molar-refractivity contribution in [1.29, 1.82) is 0 Å². The molecule has 5 heteroatoms. The molecular formula is C9H8BrF3O. The summed E-state index contributed by atoms with van der Waals surface area (Å²) in [5.74, 6) is -4.02. The first-order valence-corrected chi connectivity index (χ1v) is 4.72. The molecule has 1 unspecified atom stereocenters. The van der Waals surface area contributed by atoms with Crippen LogP contribution in [0.1, 0.15) is 18.4 Å². The lowest BCUT2D eigenvalue weighted by Gasteiger charge is -2.12. The van der Waals surface area contributed by atoms with Crippen molar-refractivity contribution in [1.82, 2.24) is 0 Å². The Labute approximate surface area is 87.7 Å². The van der Waals surface area contributed by atoms with E-state index in [0.717, 1.165) is 6.07 Å². The van der Waals surface area contributed by atoms with Crippen molar-refractivity contribution in [3.05, 3.63) is 33.6 Å². The molecule has 0 aliphatic carbocycles. The van der Waals surface area contributed by atoms with E-state index < -0.39 is 35.5 Å². The SMILES string of the molecule is CC(CO)c1c(F)c(F)cc(Br)c1F. The molecule has 0 fully saturated rings. The highest BCUT2D eigenvalue weighted by molar-refractivity contribution is 9.10. The summed E-state index contributed by atoms with van der Waals surface area (Å²) in [6.45, 7) is 0.969. The standard InChI is InChI=1S/C9H8BrF3O/c1-4(3-14)7-8(12)5(10)2-6(11)9(7)13/h2,4,14H,3H2,1H3. The van der Waals surface area contributed by atoms with Gasteiger partial charge in [-0.25, -0.2) is 13.2 Å². The van der Waals surface area contributed by atoms with Crippen molar-refractivity contribution in [3.8, 4) is 0 Å². The van der Waals surface area contributed by atoms with E-state index in [0.29, 0.717) is 0 Å². The Balaban J connectivity index is 3.39. The molecule has 0 saturated heterocycles. The van der Waals surface area contributed by atoms with Crippen LogP contribution < -0.4 is 0 Å². The molecule has 14 heavy (non-hydrogen) atoms. The van der Waals surface area contributed by atoms with Gasteiger partial charge in [0, 0.05) is 18.1 Å². The van der Waals surface area contributed by atoms with Gasteiger partial charge in [0.25, 0.3) is 0 Å². The maximum atomic E-state index is 13.3. The zero-order chi connectivity index (χ0) is 10.9. The molecule has 1 rings (SSSR count). The molecule has 1 aromatic carbocycles. The van der Waals surface area contributed by atoms with Crippen molar-refractivity contribution in [2.75, 3.05) is 6.61 Å². The van der Waals surface area contributed by atoms with Crippen LogP contribution in [-0.4, -0.2) is 11.7 Å². The Morgan fingerprint density at radius 3 is 2.43 bits per heavy atom. The van der Waals surface area contributed by atoms with Crippen molar-refractivity contribution in [2.24, 2.45) is 0 Å². The van der Waals surface area contributed by atoms with E-state index in [1.54, 1.807) is 0 Å². The van der Waals surface area contributed by atoms with Gasteiger partial charge in [0.1, 0.15) is 5.82 Å². The van der Waals surface area contributed by atoms with Gasteiger partial charge >= 0.3 is 0 Å². The predicted octanol–water partition coefficient (Wildman–Crippen LogP) is 2.96. The molecule has 0 amide bonds. The van der Waals surface area contributed by atoms with Crippen LogP contribution in [0.5, 0.6) is 0 Å². The minimum atomic E-state index is -1.24. The van der Waals surface area contributed by atoms with Gasteiger partial charge in [0.05, 0.1) is 4.47 Å². The highest BCUT2D eigenvalue weighted by Gasteiger charge is 2.21. The fraction of sp³-hybridized carbons (Fsp3) is 0.333. The molecule has 0 saturated carbocycles. The molecule has 0 bridgehead atoms. The van der Waals surface area contributed by atoms with E-state index in [-0.39, 0.29) is 4.47 Å². The molecule has 1 atom stereocenters. The number of aliphatic hydroxyl groups excluding tert-OH is 1. The first kappa shape index (κ1) is 11.5. The van der Waals surface area contributed by atoms with Gasteiger partial charge in [-0.05, 0) is 22.0 Å². The summed E-state index contributed by atoms with van der Waals surface area (Å²) in [6.07, 6.45) is 0. The van der Waals surface area contributed by atoms with Crippen LogP contribution in [0, 0.1) is 17.5 Å². The van der Waals surface area contributed by atoms with Crippen molar-refractivity contribution in [2.45, 2.75) is 12.8 Å². The smallest absolute Gasteiger partial charge is 0.165 e. The third-order valence-electron chi connectivity index (χ3n) is 1.91. The lowest BCUT2D eigenvalue weighted by atomic mass is 10.0. The van der Waals surface area contributed by atoms with Gasteiger partial charge in [-0.3, -0.25) is 0 Å². The zero-order valence-corrected chi connectivity index (χ0v) is 8.91. The number of halogens is 4. The normalized spacial score (nSPS) is 13.0. The summed E-state index contributed by atoms with van der Waals surface area (Å²) in [5.41, 5.74) is -0.431. The fourth-order valence-corrected chi connectivity index (χ4v) is 1.53. The number of aliphatic hydroxyl groups is 1. The van der Waals surface area contributed by atoms with E-state index in [4.69, 9.17) is 5.11 Å². The van der Waals surface area contributed by atoms with Crippen molar-refractivity contribution < 1.29 is 18.3 Å². The van der Waals surface area contributed by atoms with Crippen LogP contribution in [0.25, 0.3) is 0 Å². The van der Waals surface area contributed by atoms with Crippen LogP contribution >= 0.6 is 15.9 Å². The van der Waals surface area contributed by atoms with Crippen molar-refractivity contribution in [3.63, 3.8) is 0 Å². The number of benzene rings is 1. The average Bonchev–Trinajstić information content (AvgIpc) is 2.15. The first-order valence-electron chi connectivity index (χ1n) is 3.92. The van der Waals surface area contributed by atoms with Gasteiger partial charge in [-0.15, -0.1) is 0 Å². The first-order chi connectivity index (χ1) is 6.49. The van der Waals surface area contributed by atoms with E-state index in [1.165, 1.54) is 6.92 Å². The Bertz CT molecular complexity index is 328. The maximum absolute atomic E-state index is 13.3. The number of rotatable bonds is 2. The molecule has 0 aliphatic rings. The van der Waals surface area contributed by atoms with Crippen LogP contribution in [0.15, 0.2) is 10.5 Å². The quantitative estimate of drug-likeness (QED) is 0.818. The van der Waals surface area contributed by atoms with Crippen molar-refractivity contribution >= 4 is 15.9 Å². The van der Waals surface area contributed by atoms with Crippen LogP contribution in [0.3, 0.4) is 0 Å². The minimum Gasteiger partial charge on any atom is -0.396 e.